The Hall–Kier alpha value is -0.800. The van der Waals surface area contributed by atoms with Gasteiger partial charge in [0, 0.05) is 18.0 Å². The van der Waals surface area contributed by atoms with Crippen molar-refractivity contribution >= 4 is 29.1 Å². The Labute approximate surface area is 123 Å². The molecule has 0 unspecified atom stereocenters. The van der Waals surface area contributed by atoms with E-state index in [1.54, 1.807) is 0 Å². The first-order valence-electron chi connectivity index (χ1n) is 6.15. The number of hydrogen-bond acceptors (Lipinski definition) is 1. The predicted molar refractivity (Wildman–Crippen MR) is 77.5 cm³/mol. The van der Waals surface area contributed by atoms with Crippen molar-refractivity contribution in [2.24, 2.45) is 5.41 Å². The van der Waals surface area contributed by atoms with Crippen LogP contribution in [0.1, 0.15) is 37.0 Å². The van der Waals surface area contributed by atoms with Crippen LogP contribution in [0.25, 0.3) is 0 Å². The topological polar surface area (TPSA) is 29.1 Å². The summed E-state index contributed by atoms with van der Waals surface area (Å²) in [5, 5.41) is 2.82. The van der Waals surface area contributed by atoms with Crippen molar-refractivity contribution in [3.05, 3.63) is 34.6 Å². The summed E-state index contributed by atoms with van der Waals surface area (Å²) in [5.41, 5.74) is 0.241. The highest BCUT2D eigenvalue weighted by atomic mass is 35.5. The Morgan fingerprint density at radius 1 is 1.42 bits per heavy atom. The van der Waals surface area contributed by atoms with E-state index in [2.05, 4.69) is 19.2 Å². The van der Waals surface area contributed by atoms with Crippen LogP contribution in [-0.2, 0) is 0 Å². The van der Waals surface area contributed by atoms with Crippen LogP contribution in [0.4, 0.5) is 4.39 Å². The number of carbonyl (C=O) groups excluding carboxylic acids is 1. The molecule has 0 saturated heterocycles. The second-order valence-electron chi connectivity index (χ2n) is 5.27. The highest BCUT2D eigenvalue weighted by molar-refractivity contribution is 6.30. The van der Waals surface area contributed by atoms with Crippen LogP contribution in [0.2, 0.25) is 5.02 Å². The van der Waals surface area contributed by atoms with Crippen LogP contribution in [-0.4, -0.2) is 18.3 Å². The van der Waals surface area contributed by atoms with E-state index in [0.717, 1.165) is 18.9 Å². The molecule has 0 heterocycles. The Morgan fingerprint density at radius 2 is 2.11 bits per heavy atom. The summed E-state index contributed by atoms with van der Waals surface area (Å²) in [6.07, 6.45) is 1.83. The van der Waals surface area contributed by atoms with Gasteiger partial charge in [0.1, 0.15) is 5.82 Å². The normalized spacial score (nSPS) is 11.4. The molecule has 0 fully saturated rings. The summed E-state index contributed by atoms with van der Waals surface area (Å²) < 4.78 is 13.3. The standard InChI is InChI=1S/C14H18Cl2FNO/c1-14(2,6-3-7-15)9-18-13(19)10-4-5-11(16)12(17)8-10/h4-5,8H,3,6-7,9H2,1-2H3,(H,18,19). The van der Waals surface area contributed by atoms with Crippen LogP contribution < -0.4 is 5.32 Å². The van der Waals surface area contributed by atoms with Gasteiger partial charge >= 0.3 is 0 Å². The van der Waals surface area contributed by atoms with E-state index in [1.807, 2.05) is 0 Å². The van der Waals surface area contributed by atoms with Crippen LogP contribution >= 0.6 is 23.2 Å². The minimum atomic E-state index is -0.587. The molecule has 0 bridgehead atoms. The molecule has 0 aromatic heterocycles. The maximum atomic E-state index is 13.3. The fraction of sp³-hybridized carbons (Fsp3) is 0.500. The molecule has 106 valence electrons. The van der Waals surface area contributed by atoms with Crippen molar-refractivity contribution in [3.8, 4) is 0 Å². The lowest BCUT2D eigenvalue weighted by Gasteiger charge is -2.24. The van der Waals surface area contributed by atoms with Gasteiger partial charge in [-0.15, -0.1) is 11.6 Å². The van der Waals surface area contributed by atoms with Crippen molar-refractivity contribution < 1.29 is 9.18 Å². The molecule has 0 radical (unpaired) electrons. The van der Waals surface area contributed by atoms with E-state index in [-0.39, 0.29) is 21.9 Å². The van der Waals surface area contributed by atoms with Gasteiger partial charge in [0.25, 0.3) is 5.91 Å². The Kier molecular flexibility index (Phi) is 6.08. The molecule has 0 aliphatic heterocycles. The van der Waals surface area contributed by atoms with Crippen LogP contribution in [0.3, 0.4) is 0 Å². The Morgan fingerprint density at radius 3 is 2.68 bits per heavy atom. The number of nitrogens with one attached hydrogen (secondary N) is 1. The molecule has 0 saturated carbocycles. The van der Waals surface area contributed by atoms with Gasteiger partial charge in [0.15, 0.2) is 0 Å². The molecular formula is C14H18Cl2FNO. The number of alkyl halides is 1. The summed E-state index contributed by atoms with van der Waals surface area (Å²) in [6, 6.07) is 4.03. The van der Waals surface area contributed by atoms with Crippen LogP contribution in [0.5, 0.6) is 0 Å². The molecule has 1 N–H and O–H groups in total. The molecule has 1 aromatic carbocycles. The van der Waals surface area contributed by atoms with Crippen molar-refractivity contribution in [1.82, 2.24) is 5.32 Å². The number of benzene rings is 1. The highest BCUT2D eigenvalue weighted by Gasteiger charge is 2.19. The number of rotatable bonds is 6. The molecule has 1 rings (SSSR count). The van der Waals surface area contributed by atoms with Gasteiger partial charge in [-0.05, 0) is 36.5 Å². The van der Waals surface area contributed by atoms with E-state index in [4.69, 9.17) is 23.2 Å². The molecule has 0 aliphatic carbocycles. The van der Waals surface area contributed by atoms with E-state index in [9.17, 15) is 9.18 Å². The maximum absolute atomic E-state index is 13.3. The maximum Gasteiger partial charge on any atom is 0.251 e. The minimum absolute atomic E-state index is 0.0130. The molecule has 0 spiro atoms. The second-order valence-corrected chi connectivity index (χ2v) is 6.05. The summed E-state index contributed by atoms with van der Waals surface area (Å²) in [6.45, 7) is 4.64. The fourth-order valence-corrected chi connectivity index (χ4v) is 1.94. The van der Waals surface area contributed by atoms with E-state index in [1.165, 1.54) is 12.1 Å². The summed E-state index contributed by atoms with van der Waals surface area (Å²) in [7, 11) is 0. The average molecular weight is 306 g/mol. The zero-order valence-corrected chi connectivity index (χ0v) is 12.6. The first-order chi connectivity index (χ1) is 8.85. The Bertz CT molecular complexity index is 449. The largest absolute Gasteiger partial charge is 0.352 e. The first-order valence-corrected chi connectivity index (χ1v) is 7.06. The first kappa shape index (κ1) is 16.3. The van der Waals surface area contributed by atoms with Gasteiger partial charge in [0.2, 0.25) is 0 Å². The predicted octanol–water partition coefficient (Wildman–Crippen LogP) is 4.25. The third-order valence-corrected chi connectivity index (χ3v) is 3.47. The molecule has 19 heavy (non-hydrogen) atoms. The summed E-state index contributed by atoms with van der Waals surface area (Å²) >= 11 is 11.2. The lowest BCUT2D eigenvalue weighted by Crippen LogP contribution is -2.34. The van der Waals surface area contributed by atoms with Crippen LogP contribution in [0, 0.1) is 11.2 Å². The van der Waals surface area contributed by atoms with Crippen molar-refractivity contribution in [1.29, 1.82) is 0 Å². The van der Waals surface area contributed by atoms with Gasteiger partial charge in [-0.1, -0.05) is 25.4 Å². The van der Waals surface area contributed by atoms with E-state index < -0.39 is 5.82 Å². The molecule has 0 aliphatic rings. The monoisotopic (exact) mass is 305 g/mol. The molecule has 2 nitrogen and oxygen atoms in total. The summed E-state index contributed by atoms with van der Waals surface area (Å²) in [5.74, 6) is -0.273. The zero-order chi connectivity index (χ0) is 14.5. The third-order valence-electron chi connectivity index (χ3n) is 2.90. The quantitative estimate of drug-likeness (QED) is 0.782. The molecular weight excluding hydrogens is 288 g/mol. The summed E-state index contributed by atoms with van der Waals surface area (Å²) in [4.78, 5) is 11.9. The lowest BCUT2D eigenvalue weighted by molar-refractivity contribution is 0.0934. The third kappa shape index (κ3) is 5.37. The number of halogens is 3. The average Bonchev–Trinajstić information content (AvgIpc) is 2.37. The van der Waals surface area contributed by atoms with Crippen molar-refractivity contribution in [3.63, 3.8) is 0 Å². The van der Waals surface area contributed by atoms with Gasteiger partial charge in [-0.25, -0.2) is 4.39 Å². The molecule has 0 atom stereocenters. The SMILES string of the molecule is CC(C)(CCCCl)CNC(=O)c1ccc(Cl)c(F)c1. The molecule has 5 heteroatoms. The fourth-order valence-electron chi connectivity index (χ4n) is 1.69. The highest BCUT2D eigenvalue weighted by Crippen LogP contribution is 2.22. The minimum Gasteiger partial charge on any atom is -0.352 e. The number of carbonyl (C=O) groups is 1. The number of amides is 1. The zero-order valence-electron chi connectivity index (χ0n) is 11.1. The van der Waals surface area contributed by atoms with Crippen molar-refractivity contribution in [2.45, 2.75) is 26.7 Å². The van der Waals surface area contributed by atoms with Gasteiger partial charge in [-0.2, -0.15) is 0 Å². The molecule has 1 aromatic rings. The van der Waals surface area contributed by atoms with Crippen LogP contribution in [0.15, 0.2) is 18.2 Å². The van der Waals surface area contributed by atoms with E-state index in [0.29, 0.717) is 12.4 Å². The lowest BCUT2D eigenvalue weighted by atomic mass is 9.88. The van der Waals surface area contributed by atoms with E-state index >= 15 is 0 Å². The number of hydrogen-bond donors (Lipinski definition) is 1. The second kappa shape index (κ2) is 7.11. The Balaban J connectivity index is 2.57. The van der Waals surface area contributed by atoms with Gasteiger partial charge in [0.05, 0.1) is 5.02 Å². The van der Waals surface area contributed by atoms with Gasteiger partial charge < -0.3 is 5.32 Å². The van der Waals surface area contributed by atoms with Crippen molar-refractivity contribution in [2.75, 3.05) is 12.4 Å². The molecule has 1 amide bonds. The van der Waals surface area contributed by atoms with Gasteiger partial charge in [-0.3, -0.25) is 4.79 Å². The smallest absolute Gasteiger partial charge is 0.251 e.